The van der Waals surface area contributed by atoms with Crippen LogP contribution in [0, 0.1) is 12.3 Å². The lowest BCUT2D eigenvalue weighted by Crippen LogP contribution is -2.25. The van der Waals surface area contributed by atoms with Gasteiger partial charge < -0.3 is 5.32 Å². The maximum atomic E-state index is 12.4. The van der Waals surface area contributed by atoms with Crippen LogP contribution in [0.5, 0.6) is 0 Å². The first-order valence-corrected chi connectivity index (χ1v) is 6.14. The standard InChI is InChI=1S/C17H13NO2/c1-2-12-18-17(20)15-11-7-6-10-14(15)16(19)13-8-4-3-5-9-13/h1,3-11H,12H2,(H,18,20). The first-order chi connectivity index (χ1) is 9.74. The van der Waals surface area contributed by atoms with Crippen LogP contribution in [0.1, 0.15) is 26.3 Å². The molecule has 0 saturated heterocycles. The van der Waals surface area contributed by atoms with Gasteiger partial charge in [-0.25, -0.2) is 0 Å². The van der Waals surface area contributed by atoms with Gasteiger partial charge in [-0.3, -0.25) is 9.59 Å². The third kappa shape index (κ3) is 2.93. The molecular weight excluding hydrogens is 250 g/mol. The predicted molar refractivity (Wildman–Crippen MR) is 77.5 cm³/mol. The summed E-state index contributed by atoms with van der Waals surface area (Å²) in [6.07, 6.45) is 5.11. The Balaban J connectivity index is 2.36. The monoisotopic (exact) mass is 263 g/mol. The SMILES string of the molecule is C#CCNC(=O)c1ccccc1C(=O)c1ccccc1. The lowest BCUT2D eigenvalue weighted by Gasteiger charge is -2.08. The van der Waals surface area contributed by atoms with Crippen LogP contribution < -0.4 is 5.32 Å². The first kappa shape index (κ1) is 13.6. The number of carbonyl (C=O) groups is 2. The topological polar surface area (TPSA) is 46.2 Å². The van der Waals surface area contributed by atoms with E-state index in [0.29, 0.717) is 16.7 Å². The average Bonchev–Trinajstić information content (AvgIpc) is 2.52. The number of hydrogen-bond donors (Lipinski definition) is 1. The number of amides is 1. The van der Waals surface area contributed by atoms with E-state index in [2.05, 4.69) is 11.2 Å². The summed E-state index contributed by atoms with van der Waals surface area (Å²) in [6, 6.07) is 15.5. The Hall–Kier alpha value is -2.86. The molecule has 2 aromatic carbocycles. The molecule has 0 heterocycles. The van der Waals surface area contributed by atoms with Gasteiger partial charge in [0.25, 0.3) is 5.91 Å². The van der Waals surface area contributed by atoms with Crippen LogP contribution in [0.25, 0.3) is 0 Å². The van der Waals surface area contributed by atoms with Crippen LogP contribution in [0.2, 0.25) is 0 Å². The van der Waals surface area contributed by atoms with Crippen molar-refractivity contribution in [2.24, 2.45) is 0 Å². The van der Waals surface area contributed by atoms with Gasteiger partial charge in [0.1, 0.15) is 0 Å². The molecule has 0 aliphatic carbocycles. The molecule has 0 aliphatic rings. The normalized spacial score (nSPS) is 9.55. The van der Waals surface area contributed by atoms with Crippen LogP contribution in [0.4, 0.5) is 0 Å². The van der Waals surface area contributed by atoms with Gasteiger partial charge in [-0.15, -0.1) is 6.42 Å². The third-order valence-corrected chi connectivity index (χ3v) is 2.80. The average molecular weight is 263 g/mol. The molecule has 2 rings (SSSR count). The van der Waals surface area contributed by atoms with E-state index in [0.717, 1.165) is 0 Å². The Bertz CT molecular complexity index is 669. The van der Waals surface area contributed by atoms with E-state index in [9.17, 15) is 9.59 Å². The summed E-state index contributed by atoms with van der Waals surface area (Å²) in [5, 5.41) is 2.57. The van der Waals surface area contributed by atoms with E-state index in [1.54, 1.807) is 48.5 Å². The van der Waals surface area contributed by atoms with Crippen molar-refractivity contribution in [1.29, 1.82) is 0 Å². The highest BCUT2D eigenvalue weighted by molar-refractivity contribution is 6.15. The molecular formula is C17H13NO2. The van der Waals surface area contributed by atoms with E-state index < -0.39 is 0 Å². The summed E-state index contributed by atoms with van der Waals surface area (Å²) in [6.45, 7) is 0.132. The van der Waals surface area contributed by atoms with Gasteiger partial charge >= 0.3 is 0 Å². The van der Waals surface area contributed by atoms with Crippen LogP contribution in [0.3, 0.4) is 0 Å². The predicted octanol–water partition coefficient (Wildman–Crippen LogP) is 2.28. The molecule has 0 aromatic heterocycles. The third-order valence-electron chi connectivity index (χ3n) is 2.80. The molecule has 98 valence electrons. The molecule has 0 fully saturated rings. The van der Waals surface area contributed by atoms with Gasteiger partial charge in [-0.1, -0.05) is 54.5 Å². The highest BCUT2D eigenvalue weighted by Crippen LogP contribution is 2.14. The molecule has 0 saturated carbocycles. The lowest BCUT2D eigenvalue weighted by atomic mass is 9.98. The zero-order valence-corrected chi connectivity index (χ0v) is 10.8. The van der Waals surface area contributed by atoms with Gasteiger partial charge in [0.2, 0.25) is 0 Å². The zero-order valence-electron chi connectivity index (χ0n) is 10.8. The van der Waals surface area contributed by atoms with Crippen LogP contribution >= 0.6 is 0 Å². The fraction of sp³-hybridized carbons (Fsp3) is 0.0588. The number of ketones is 1. The Kier molecular flexibility index (Phi) is 4.31. The molecule has 0 unspecified atom stereocenters. The largest absolute Gasteiger partial charge is 0.341 e. The van der Waals surface area contributed by atoms with Crippen molar-refractivity contribution in [1.82, 2.24) is 5.32 Å². The minimum absolute atomic E-state index is 0.132. The number of terminal acetylenes is 1. The molecule has 3 nitrogen and oxygen atoms in total. The molecule has 1 N–H and O–H groups in total. The Morgan fingerprint density at radius 3 is 2.20 bits per heavy atom. The number of nitrogens with one attached hydrogen (secondary N) is 1. The summed E-state index contributed by atoms with van der Waals surface area (Å²) >= 11 is 0. The summed E-state index contributed by atoms with van der Waals surface area (Å²) in [7, 11) is 0. The second-order valence-electron chi connectivity index (χ2n) is 4.13. The van der Waals surface area contributed by atoms with Crippen molar-refractivity contribution in [3.8, 4) is 12.3 Å². The molecule has 0 bridgehead atoms. The fourth-order valence-electron chi connectivity index (χ4n) is 1.85. The van der Waals surface area contributed by atoms with Crippen molar-refractivity contribution in [2.75, 3.05) is 6.54 Å². The molecule has 20 heavy (non-hydrogen) atoms. The van der Waals surface area contributed by atoms with E-state index in [4.69, 9.17) is 6.42 Å². The zero-order chi connectivity index (χ0) is 14.4. The smallest absolute Gasteiger partial charge is 0.252 e. The van der Waals surface area contributed by atoms with E-state index in [-0.39, 0.29) is 18.2 Å². The number of rotatable bonds is 4. The minimum atomic E-state index is -0.345. The fourth-order valence-corrected chi connectivity index (χ4v) is 1.85. The molecule has 0 atom stereocenters. The maximum absolute atomic E-state index is 12.4. The molecule has 3 heteroatoms. The second-order valence-corrected chi connectivity index (χ2v) is 4.13. The highest BCUT2D eigenvalue weighted by atomic mass is 16.2. The minimum Gasteiger partial charge on any atom is -0.341 e. The van der Waals surface area contributed by atoms with Crippen molar-refractivity contribution in [3.63, 3.8) is 0 Å². The number of carbonyl (C=O) groups excluding carboxylic acids is 2. The second kappa shape index (κ2) is 6.35. The van der Waals surface area contributed by atoms with Crippen molar-refractivity contribution >= 4 is 11.7 Å². The van der Waals surface area contributed by atoms with Gasteiger partial charge in [-0.2, -0.15) is 0 Å². The van der Waals surface area contributed by atoms with Crippen LogP contribution in [0.15, 0.2) is 54.6 Å². The molecule has 1 amide bonds. The Morgan fingerprint density at radius 2 is 1.55 bits per heavy atom. The first-order valence-electron chi connectivity index (χ1n) is 6.14. The highest BCUT2D eigenvalue weighted by Gasteiger charge is 2.17. The van der Waals surface area contributed by atoms with Crippen LogP contribution in [-0.2, 0) is 0 Å². The van der Waals surface area contributed by atoms with Crippen molar-refractivity contribution in [2.45, 2.75) is 0 Å². The van der Waals surface area contributed by atoms with Gasteiger partial charge in [-0.05, 0) is 6.07 Å². The van der Waals surface area contributed by atoms with E-state index >= 15 is 0 Å². The number of hydrogen-bond acceptors (Lipinski definition) is 2. The molecule has 0 aliphatic heterocycles. The van der Waals surface area contributed by atoms with Crippen molar-refractivity contribution < 1.29 is 9.59 Å². The summed E-state index contributed by atoms with van der Waals surface area (Å²) < 4.78 is 0. The van der Waals surface area contributed by atoms with Gasteiger partial charge in [0.15, 0.2) is 5.78 Å². The van der Waals surface area contributed by atoms with Gasteiger partial charge in [0.05, 0.1) is 12.1 Å². The van der Waals surface area contributed by atoms with E-state index in [1.165, 1.54) is 0 Å². The van der Waals surface area contributed by atoms with Crippen LogP contribution in [-0.4, -0.2) is 18.2 Å². The Labute approximate surface area is 117 Å². The quantitative estimate of drug-likeness (QED) is 0.679. The summed E-state index contributed by atoms with van der Waals surface area (Å²) in [5.74, 6) is 1.80. The summed E-state index contributed by atoms with van der Waals surface area (Å²) in [4.78, 5) is 24.4. The molecule has 2 aromatic rings. The number of benzene rings is 2. The molecule has 0 radical (unpaired) electrons. The van der Waals surface area contributed by atoms with Gasteiger partial charge in [0, 0.05) is 11.1 Å². The Morgan fingerprint density at radius 1 is 0.950 bits per heavy atom. The van der Waals surface area contributed by atoms with E-state index in [1.807, 2.05) is 6.07 Å². The lowest BCUT2D eigenvalue weighted by molar-refractivity contribution is 0.0946. The maximum Gasteiger partial charge on any atom is 0.252 e. The van der Waals surface area contributed by atoms with Crippen molar-refractivity contribution in [3.05, 3.63) is 71.3 Å². The molecule has 0 spiro atoms. The summed E-state index contributed by atoms with van der Waals surface area (Å²) in [5.41, 5.74) is 1.24.